The number of aromatic amines is 1. The molecule has 0 fully saturated rings. The number of hydrogen-bond acceptors (Lipinski definition) is 7. The molecule has 2 N–H and O–H groups in total. The number of nitrogens with one attached hydrogen (secondary N) is 2. The average Bonchev–Trinajstić information content (AvgIpc) is 2.93. The van der Waals surface area contributed by atoms with Crippen LogP contribution in [-0.4, -0.2) is 39.7 Å². The van der Waals surface area contributed by atoms with Crippen molar-refractivity contribution >= 4 is 45.2 Å². The van der Waals surface area contributed by atoms with Gasteiger partial charge < -0.3 is 15.0 Å². The molecular weight excluding hydrogens is 398 g/mol. The number of nitrogens with zero attached hydrogens (tertiary/aromatic N) is 1. The summed E-state index contributed by atoms with van der Waals surface area (Å²) in [5.41, 5.74) is 0.809. The number of H-pyrrole nitrogens is 1. The Balaban J connectivity index is 1.91. The van der Waals surface area contributed by atoms with Gasteiger partial charge in [-0.1, -0.05) is 13.3 Å². The van der Waals surface area contributed by atoms with Crippen molar-refractivity contribution in [1.29, 1.82) is 0 Å². The molecule has 2 heterocycles. The van der Waals surface area contributed by atoms with Gasteiger partial charge in [0.25, 0.3) is 5.56 Å². The zero-order valence-electron chi connectivity index (χ0n) is 16.9. The van der Waals surface area contributed by atoms with Crippen LogP contribution in [0.4, 0.5) is 0 Å². The third-order valence-corrected chi connectivity index (χ3v) is 6.64. The summed E-state index contributed by atoms with van der Waals surface area (Å²) in [6.45, 7) is 9.63. The first-order valence-corrected chi connectivity index (χ1v) is 11.2. The molecule has 2 aromatic heterocycles. The first-order valence-electron chi connectivity index (χ1n) is 9.32. The molecule has 2 aromatic rings. The Morgan fingerprint density at radius 1 is 1.32 bits per heavy atom. The van der Waals surface area contributed by atoms with Crippen molar-refractivity contribution in [2.75, 3.05) is 6.61 Å². The summed E-state index contributed by atoms with van der Waals surface area (Å²) in [5.74, 6) is 0.246. The summed E-state index contributed by atoms with van der Waals surface area (Å²) in [5, 5.41) is 2.90. The van der Waals surface area contributed by atoms with Gasteiger partial charge in [0.05, 0.1) is 23.0 Å². The van der Waals surface area contributed by atoms with Gasteiger partial charge in [0, 0.05) is 4.88 Å². The van der Waals surface area contributed by atoms with Gasteiger partial charge in [0.2, 0.25) is 5.91 Å². The summed E-state index contributed by atoms with van der Waals surface area (Å²) in [6, 6.07) is -0.696. The third-order valence-electron chi connectivity index (χ3n) is 4.38. The van der Waals surface area contributed by atoms with Crippen molar-refractivity contribution < 1.29 is 14.3 Å². The molecule has 9 heteroatoms. The Kier molecular flexibility index (Phi) is 8.06. The van der Waals surface area contributed by atoms with Gasteiger partial charge >= 0.3 is 5.97 Å². The number of thioether (sulfide) groups is 1. The topological polar surface area (TPSA) is 101 Å². The molecular formula is C19H27N3O4S2. The van der Waals surface area contributed by atoms with Crippen molar-refractivity contribution in [2.24, 2.45) is 0 Å². The van der Waals surface area contributed by atoms with Crippen LogP contribution in [0.5, 0.6) is 0 Å². The molecule has 0 aliphatic rings. The molecule has 0 saturated heterocycles. The van der Waals surface area contributed by atoms with E-state index < -0.39 is 17.3 Å². The Morgan fingerprint density at radius 2 is 2.04 bits per heavy atom. The molecule has 0 radical (unpaired) electrons. The lowest BCUT2D eigenvalue weighted by Gasteiger charge is -2.16. The lowest BCUT2D eigenvalue weighted by molar-refractivity contribution is -0.147. The number of unbranched alkanes of at least 4 members (excludes halogenated alkanes) is 1. The number of hydrogen-bond donors (Lipinski definition) is 2. The fourth-order valence-corrected chi connectivity index (χ4v) is 4.29. The van der Waals surface area contributed by atoms with Crippen LogP contribution in [0, 0.1) is 13.8 Å². The quantitative estimate of drug-likeness (QED) is 0.473. The molecule has 0 bridgehead atoms. The van der Waals surface area contributed by atoms with Crippen LogP contribution in [0.3, 0.4) is 0 Å². The largest absolute Gasteiger partial charge is 0.464 e. The van der Waals surface area contributed by atoms with Gasteiger partial charge in [0.15, 0.2) is 0 Å². The SMILES string of the molecule is CCCCOC(=O)[C@H](C)NC(=O)[C@H](C)SCc1nc2sc(C)c(C)c2c(=O)[nH]1. The molecule has 7 nitrogen and oxygen atoms in total. The maximum atomic E-state index is 12.3. The highest BCUT2D eigenvalue weighted by Crippen LogP contribution is 2.26. The predicted octanol–water partition coefficient (Wildman–Crippen LogP) is 3.07. The molecule has 0 spiro atoms. The van der Waals surface area contributed by atoms with Crippen LogP contribution in [0.25, 0.3) is 10.2 Å². The number of carbonyl (C=O) groups is 2. The van der Waals surface area contributed by atoms with E-state index in [0.29, 0.717) is 23.6 Å². The van der Waals surface area contributed by atoms with Gasteiger partial charge in [-0.15, -0.1) is 23.1 Å². The number of ether oxygens (including phenoxy) is 1. The summed E-state index contributed by atoms with van der Waals surface area (Å²) < 4.78 is 5.11. The Labute approximate surface area is 172 Å². The highest BCUT2D eigenvalue weighted by molar-refractivity contribution is 7.99. The number of fused-ring (bicyclic) bond motifs is 1. The zero-order valence-corrected chi connectivity index (χ0v) is 18.5. The Hall–Kier alpha value is -1.87. The van der Waals surface area contributed by atoms with E-state index in [1.165, 1.54) is 23.1 Å². The lowest BCUT2D eigenvalue weighted by atomic mass is 10.2. The second kappa shape index (κ2) is 10.1. The minimum absolute atomic E-state index is 0.150. The van der Waals surface area contributed by atoms with Gasteiger partial charge in [-0.2, -0.15) is 0 Å². The van der Waals surface area contributed by atoms with Crippen LogP contribution in [0.1, 0.15) is 49.9 Å². The first kappa shape index (κ1) is 22.4. The van der Waals surface area contributed by atoms with Gasteiger partial charge in [-0.3, -0.25) is 9.59 Å². The maximum absolute atomic E-state index is 12.3. The number of aryl methyl sites for hydroxylation is 2. The van der Waals surface area contributed by atoms with Crippen LogP contribution in [0.15, 0.2) is 4.79 Å². The summed E-state index contributed by atoms with van der Waals surface area (Å²) in [7, 11) is 0. The van der Waals surface area contributed by atoms with Crippen molar-refractivity contribution in [3.05, 3.63) is 26.6 Å². The average molecular weight is 426 g/mol. The minimum atomic E-state index is -0.696. The molecule has 154 valence electrons. The van der Waals surface area contributed by atoms with E-state index in [-0.39, 0.29) is 11.5 Å². The van der Waals surface area contributed by atoms with Crippen LogP contribution < -0.4 is 10.9 Å². The van der Waals surface area contributed by atoms with E-state index in [1.54, 1.807) is 13.8 Å². The molecule has 2 rings (SSSR count). The number of rotatable bonds is 9. The molecule has 0 unspecified atom stereocenters. The molecule has 0 aliphatic heterocycles. The number of thiophene rings is 1. The fraction of sp³-hybridized carbons (Fsp3) is 0.579. The first-order chi connectivity index (χ1) is 13.2. The van der Waals surface area contributed by atoms with E-state index in [2.05, 4.69) is 15.3 Å². The maximum Gasteiger partial charge on any atom is 0.328 e. The van der Waals surface area contributed by atoms with Crippen molar-refractivity contribution in [1.82, 2.24) is 15.3 Å². The van der Waals surface area contributed by atoms with Gasteiger partial charge in [0.1, 0.15) is 16.7 Å². The highest BCUT2D eigenvalue weighted by Gasteiger charge is 2.21. The van der Waals surface area contributed by atoms with Gasteiger partial charge in [-0.05, 0) is 39.7 Å². The van der Waals surface area contributed by atoms with Crippen LogP contribution in [-0.2, 0) is 20.1 Å². The molecule has 0 saturated carbocycles. The molecule has 28 heavy (non-hydrogen) atoms. The smallest absolute Gasteiger partial charge is 0.328 e. The normalized spacial score (nSPS) is 13.3. The zero-order chi connectivity index (χ0) is 20.8. The molecule has 0 aromatic carbocycles. The summed E-state index contributed by atoms with van der Waals surface area (Å²) >= 11 is 2.85. The number of carbonyl (C=O) groups excluding carboxylic acids is 2. The van der Waals surface area contributed by atoms with E-state index in [4.69, 9.17) is 4.74 Å². The van der Waals surface area contributed by atoms with E-state index in [1.807, 2.05) is 20.8 Å². The number of esters is 1. The van der Waals surface area contributed by atoms with Crippen molar-refractivity contribution in [2.45, 2.75) is 64.5 Å². The number of aromatic nitrogens is 2. The molecule has 0 aliphatic carbocycles. The molecule has 2 atom stereocenters. The third kappa shape index (κ3) is 5.57. The lowest BCUT2D eigenvalue weighted by Crippen LogP contribution is -2.43. The monoisotopic (exact) mass is 425 g/mol. The second-order valence-electron chi connectivity index (χ2n) is 6.68. The summed E-state index contributed by atoms with van der Waals surface area (Å²) in [4.78, 5) is 45.6. The highest BCUT2D eigenvalue weighted by atomic mass is 32.2. The summed E-state index contributed by atoms with van der Waals surface area (Å²) in [6.07, 6.45) is 1.74. The van der Waals surface area contributed by atoms with Gasteiger partial charge in [-0.25, -0.2) is 9.78 Å². The van der Waals surface area contributed by atoms with E-state index in [0.717, 1.165) is 28.1 Å². The predicted molar refractivity (Wildman–Crippen MR) is 114 cm³/mol. The van der Waals surface area contributed by atoms with E-state index in [9.17, 15) is 14.4 Å². The van der Waals surface area contributed by atoms with Crippen molar-refractivity contribution in [3.8, 4) is 0 Å². The fourth-order valence-electron chi connectivity index (χ4n) is 2.48. The number of amides is 1. The van der Waals surface area contributed by atoms with Crippen molar-refractivity contribution in [3.63, 3.8) is 0 Å². The van der Waals surface area contributed by atoms with E-state index >= 15 is 0 Å². The standard InChI is InChI=1S/C19H27N3O4S2/c1-6-7-8-26-19(25)11(3)20-16(23)13(5)27-9-14-21-17(24)15-10(2)12(4)28-18(15)22-14/h11,13H,6-9H2,1-5H3,(H,20,23)(H,21,22,24)/t11-,13-/m0/s1. The Morgan fingerprint density at radius 3 is 2.71 bits per heavy atom. The molecule has 1 amide bonds. The Bertz CT molecular complexity index is 906. The minimum Gasteiger partial charge on any atom is -0.464 e. The van der Waals surface area contributed by atoms with Crippen LogP contribution >= 0.6 is 23.1 Å². The van der Waals surface area contributed by atoms with Crippen LogP contribution in [0.2, 0.25) is 0 Å². The second-order valence-corrected chi connectivity index (χ2v) is 9.21.